The molecule has 1 saturated heterocycles. The van der Waals surface area contributed by atoms with Crippen molar-refractivity contribution in [2.75, 3.05) is 31.1 Å². The van der Waals surface area contributed by atoms with Crippen molar-refractivity contribution in [1.82, 2.24) is 19.7 Å². The number of aromatic nitrogens is 3. The molecule has 1 aliphatic rings. The Morgan fingerprint density at radius 1 is 1.22 bits per heavy atom. The fraction of sp³-hybridized carbons (Fsp3) is 0.588. The van der Waals surface area contributed by atoms with E-state index in [1.54, 1.807) is 13.8 Å². The van der Waals surface area contributed by atoms with Gasteiger partial charge in [0.1, 0.15) is 0 Å². The first-order valence-corrected chi connectivity index (χ1v) is 9.67. The number of alkyl halides is 3. The third-order valence-electron chi connectivity index (χ3n) is 4.44. The van der Waals surface area contributed by atoms with Crippen LogP contribution < -0.4 is 4.90 Å². The van der Waals surface area contributed by atoms with Crippen LogP contribution in [-0.2, 0) is 6.18 Å². The van der Waals surface area contributed by atoms with E-state index < -0.39 is 23.8 Å². The fourth-order valence-electron chi connectivity index (χ4n) is 3.16. The van der Waals surface area contributed by atoms with Crippen molar-refractivity contribution in [3.05, 3.63) is 28.5 Å². The number of carbonyl (C=O) groups is 1. The lowest BCUT2D eigenvalue weighted by Gasteiger charge is -2.22. The maximum Gasteiger partial charge on any atom is 0.433 e. The van der Waals surface area contributed by atoms with Gasteiger partial charge in [0.05, 0.1) is 17.5 Å². The molecule has 0 spiro atoms. The number of halogens is 3. The molecule has 2 aromatic rings. The molecule has 3 heterocycles. The highest BCUT2D eigenvalue weighted by molar-refractivity contribution is 7.13. The topological polar surface area (TPSA) is 54.3 Å². The highest BCUT2D eigenvalue weighted by atomic mass is 32.1. The maximum absolute atomic E-state index is 13.5. The van der Waals surface area contributed by atoms with Crippen LogP contribution in [0.3, 0.4) is 0 Å². The second-order valence-electron chi connectivity index (χ2n) is 6.85. The van der Waals surface area contributed by atoms with E-state index in [2.05, 4.69) is 15.0 Å². The van der Waals surface area contributed by atoms with Crippen molar-refractivity contribution in [3.63, 3.8) is 0 Å². The van der Waals surface area contributed by atoms with E-state index in [0.29, 0.717) is 32.6 Å². The maximum atomic E-state index is 13.5. The molecule has 0 unspecified atom stereocenters. The van der Waals surface area contributed by atoms with Crippen molar-refractivity contribution in [3.8, 4) is 0 Å². The van der Waals surface area contributed by atoms with Gasteiger partial charge in [-0.15, -0.1) is 11.3 Å². The molecule has 10 heteroatoms. The van der Waals surface area contributed by atoms with Crippen LogP contribution in [-0.4, -0.2) is 51.8 Å². The van der Waals surface area contributed by atoms with Crippen LogP contribution in [0.5, 0.6) is 0 Å². The molecule has 0 bridgehead atoms. The lowest BCUT2D eigenvalue weighted by molar-refractivity contribution is -0.145. The zero-order chi connectivity index (χ0) is 19.8. The van der Waals surface area contributed by atoms with Gasteiger partial charge in [0.15, 0.2) is 10.8 Å². The Morgan fingerprint density at radius 3 is 2.56 bits per heavy atom. The number of amides is 1. The second-order valence-corrected chi connectivity index (χ2v) is 7.68. The average Bonchev–Trinajstić information content (AvgIpc) is 3.14. The number of rotatable bonds is 3. The molecule has 2 aromatic heterocycles. The number of aryl methyl sites for hydroxylation is 1. The number of nitrogens with zero attached hydrogens (tertiary/aromatic N) is 5. The van der Waals surface area contributed by atoms with E-state index in [0.717, 1.165) is 21.7 Å². The van der Waals surface area contributed by atoms with E-state index >= 15 is 0 Å². The summed E-state index contributed by atoms with van der Waals surface area (Å²) in [6.07, 6.45) is -2.93. The Bertz CT molecular complexity index is 814. The molecule has 0 radical (unpaired) electrons. The van der Waals surface area contributed by atoms with E-state index in [4.69, 9.17) is 0 Å². The van der Waals surface area contributed by atoms with Gasteiger partial charge in [0.25, 0.3) is 5.91 Å². The Morgan fingerprint density at radius 2 is 1.96 bits per heavy atom. The van der Waals surface area contributed by atoms with E-state index in [1.165, 1.54) is 16.2 Å². The molecule has 3 rings (SSSR count). The summed E-state index contributed by atoms with van der Waals surface area (Å²) in [4.78, 5) is 20.9. The third-order valence-corrected chi connectivity index (χ3v) is 5.46. The molecule has 0 aromatic carbocycles. The molecule has 0 saturated carbocycles. The van der Waals surface area contributed by atoms with E-state index in [9.17, 15) is 18.0 Å². The summed E-state index contributed by atoms with van der Waals surface area (Å²) in [7, 11) is 0. The van der Waals surface area contributed by atoms with Crippen molar-refractivity contribution < 1.29 is 18.0 Å². The summed E-state index contributed by atoms with van der Waals surface area (Å²) < 4.78 is 41.5. The normalized spacial score (nSPS) is 16.1. The molecular weight excluding hydrogens is 379 g/mol. The van der Waals surface area contributed by atoms with Gasteiger partial charge in [-0.1, -0.05) is 0 Å². The van der Waals surface area contributed by atoms with Crippen LogP contribution in [0.2, 0.25) is 0 Å². The molecule has 1 amide bonds. The Kier molecular flexibility index (Phi) is 5.45. The van der Waals surface area contributed by atoms with Crippen LogP contribution >= 0.6 is 11.3 Å². The average molecular weight is 401 g/mol. The largest absolute Gasteiger partial charge is 0.433 e. The third kappa shape index (κ3) is 4.10. The highest BCUT2D eigenvalue weighted by Crippen LogP contribution is 2.34. The lowest BCUT2D eigenvalue weighted by Crippen LogP contribution is -2.36. The van der Waals surface area contributed by atoms with Gasteiger partial charge in [0.2, 0.25) is 0 Å². The highest BCUT2D eigenvalue weighted by Gasteiger charge is 2.41. The second kappa shape index (κ2) is 7.49. The summed E-state index contributed by atoms with van der Waals surface area (Å²) in [6.45, 7) is 7.14. The smallest absolute Gasteiger partial charge is 0.346 e. The first-order valence-electron chi connectivity index (χ1n) is 8.79. The van der Waals surface area contributed by atoms with Crippen LogP contribution in [0, 0.1) is 6.92 Å². The molecule has 1 fully saturated rings. The zero-order valence-electron chi connectivity index (χ0n) is 15.5. The number of hydrogen-bond acceptors (Lipinski definition) is 5. The van der Waals surface area contributed by atoms with Crippen molar-refractivity contribution in [2.24, 2.45) is 0 Å². The SMILES string of the molecule is Cc1csc(N2CCCN(C(=O)c3cnn(C(C)C)c3C(F)(F)F)CC2)n1. The predicted molar refractivity (Wildman–Crippen MR) is 97.2 cm³/mol. The summed E-state index contributed by atoms with van der Waals surface area (Å²) >= 11 is 1.53. The van der Waals surface area contributed by atoms with Gasteiger partial charge in [-0.05, 0) is 27.2 Å². The first-order chi connectivity index (χ1) is 12.7. The van der Waals surface area contributed by atoms with E-state index in [1.807, 2.05) is 12.3 Å². The number of carbonyl (C=O) groups excluding carboxylic acids is 1. The first kappa shape index (κ1) is 19.7. The van der Waals surface area contributed by atoms with Gasteiger partial charge in [0, 0.05) is 37.6 Å². The fourth-order valence-corrected chi connectivity index (χ4v) is 4.02. The van der Waals surface area contributed by atoms with Gasteiger partial charge in [-0.2, -0.15) is 18.3 Å². The minimum Gasteiger partial charge on any atom is -0.346 e. The molecule has 27 heavy (non-hydrogen) atoms. The molecule has 0 N–H and O–H groups in total. The Balaban J connectivity index is 1.80. The molecule has 148 valence electrons. The quantitative estimate of drug-likeness (QED) is 0.789. The summed E-state index contributed by atoms with van der Waals surface area (Å²) in [5.74, 6) is -0.619. The number of thiazole rings is 1. The standard InChI is InChI=1S/C17H22F3N5OS/c1-11(2)25-14(17(18,19)20)13(9-21-25)15(26)23-5-4-6-24(8-7-23)16-22-12(3)10-27-16/h9-11H,4-8H2,1-3H3. The Hall–Kier alpha value is -2.10. The summed E-state index contributed by atoms with van der Waals surface area (Å²) in [6, 6.07) is -0.490. The molecule has 0 atom stereocenters. The zero-order valence-corrected chi connectivity index (χ0v) is 16.3. The minimum atomic E-state index is -4.64. The minimum absolute atomic E-state index is 0.349. The predicted octanol–water partition coefficient (Wildman–Crippen LogP) is 3.60. The van der Waals surface area contributed by atoms with Crippen LogP contribution in [0.1, 0.15) is 48.1 Å². The molecule has 1 aliphatic heterocycles. The van der Waals surface area contributed by atoms with Crippen LogP contribution in [0.25, 0.3) is 0 Å². The van der Waals surface area contributed by atoms with E-state index in [-0.39, 0.29) is 5.56 Å². The summed E-state index contributed by atoms with van der Waals surface area (Å²) in [5.41, 5.74) is -0.419. The number of hydrogen-bond donors (Lipinski definition) is 0. The van der Waals surface area contributed by atoms with Gasteiger partial charge in [-0.25, -0.2) is 4.98 Å². The van der Waals surface area contributed by atoms with Gasteiger partial charge in [-0.3, -0.25) is 9.48 Å². The van der Waals surface area contributed by atoms with Crippen molar-refractivity contribution >= 4 is 22.4 Å². The van der Waals surface area contributed by atoms with Crippen molar-refractivity contribution in [2.45, 2.75) is 39.4 Å². The lowest BCUT2D eigenvalue weighted by atomic mass is 10.2. The van der Waals surface area contributed by atoms with Gasteiger partial charge >= 0.3 is 6.18 Å². The molecular formula is C17H22F3N5OS. The molecule has 6 nitrogen and oxygen atoms in total. The monoisotopic (exact) mass is 401 g/mol. The van der Waals surface area contributed by atoms with Crippen LogP contribution in [0.4, 0.5) is 18.3 Å². The van der Waals surface area contributed by atoms with Gasteiger partial charge < -0.3 is 9.80 Å². The number of anilines is 1. The Labute approximate surface area is 159 Å². The van der Waals surface area contributed by atoms with Crippen molar-refractivity contribution in [1.29, 1.82) is 0 Å². The summed E-state index contributed by atoms with van der Waals surface area (Å²) in [5, 5.41) is 6.65. The molecule has 0 aliphatic carbocycles. The van der Waals surface area contributed by atoms with Crippen LogP contribution in [0.15, 0.2) is 11.6 Å².